The summed E-state index contributed by atoms with van der Waals surface area (Å²) >= 11 is 0. The van der Waals surface area contributed by atoms with Crippen molar-refractivity contribution in [1.29, 1.82) is 0 Å². The third kappa shape index (κ3) is 4.14. The summed E-state index contributed by atoms with van der Waals surface area (Å²) in [6.07, 6.45) is 0. The fraction of sp³-hybridized carbons (Fsp3) is 0.200. The Hall–Kier alpha value is -0.550. The predicted molar refractivity (Wildman–Crippen MR) is 49.1 cm³/mol. The van der Waals surface area contributed by atoms with Crippen molar-refractivity contribution in [3.05, 3.63) is 35.4 Å². The summed E-state index contributed by atoms with van der Waals surface area (Å²) in [4.78, 5) is 22.4. The van der Waals surface area contributed by atoms with E-state index in [1.165, 1.54) is 26.4 Å². The number of carbonyl (C=O) groups excluding carboxylic acids is 2. The average Bonchev–Trinajstić information content (AvgIpc) is 2.27. The van der Waals surface area contributed by atoms with Gasteiger partial charge in [0.05, 0.1) is 25.3 Å². The predicted octanol–water partition coefficient (Wildman–Crippen LogP) is -4.73. The molecule has 1 aromatic carbocycles. The van der Waals surface area contributed by atoms with Crippen molar-refractivity contribution in [2.45, 2.75) is 0 Å². The Balaban J connectivity index is 0. The first-order chi connectivity index (χ1) is 6.70. The SMILES string of the molecule is COC(=O)c1ccccc1C(=O)OC.[Cl-].[Na+]. The zero-order valence-corrected chi connectivity index (χ0v) is 12.1. The van der Waals surface area contributed by atoms with Crippen molar-refractivity contribution < 1.29 is 61.0 Å². The molecule has 0 spiro atoms. The Morgan fingerprint density at radius 3 is 1.50 bits per heavy atom. The van der Waals surface area contributed by atoms with Crippen LogP contribution < -0.4 is 42.0 Å². The summed E-state index contributed by atoms with van der Waals surface area (Å²) in [5.41, 5.74) is 0.420. The molecular weight excluding hydrogens is 243 g/mol. The van der Waals surface area contributed by atoms with E-state index in [9.17, 15) is 9.59 Å². The second kappa shape index (κ2) is 8.58. The van der Waals surface area contributed by atoms with E-state index in [4.69, 9.17) is 0 Å². The van der Waals surface area contributed by atoms with Gasteiger partial charge in [-0.3, -0.25) is 0 Å². The van der Waals surface area contributed by atoms with E-state index in [0.717, 1.165) is 0 Å². The normalized spacial score (nSPS) is 8.12. The van der Waals surface area contributed by atoms with Crippen LogP contribution in [0.4, 0.5) is 0 Å². The Bertz CT molecular complexity index is 333. The molecule has 6 heteroatoms. The summed E-state index contributed by atoms with van der Waals surface area (Å²) in [5.74, 6) is -1.10. The van der Waals surface area contributed by atoms with Crippen molar-refractivity contribution >= 4 is 11.9 Å². The molecule has 0 bridgehead atoms. The summed E-state index contributed by atoms with van der Waals surface area (Å²) < 4.78 is 9.05. The summed E-state index contributed by atoms with van der Waals surface area (Å²) in [6.45, 7) is 0. The van der Waals surface area contributed by atoms with Crippen LogP contribution in [0.2, 0.25) is 0 Å². The monoisotopic (exact) mass is 252 g/mol. The number of esters is 2. The molecule has 1 aromatic rings. The van der Waals surface area contributed by atoms with Crippen LogP contribution in [0.1, 0.15) is 20.7 Å². The maximum Gasteiger partial charge on any atom is 1.00 e. The molecule has 0 N–H and O–H groups in total. The van der Waals surface area contributed by atoms with Crippen LogP contribution in [0.5, 0.6) is 0 Å². The number of carbonyl (C=O) groups is 2. The fourth-order valence-electron chi connectivity index (χ4n) is 1.06. The van der Waals surface area contributed by atoms with Gasteiger partial charge >= 0.3 is 41.5 Å². The minimum absolute atomic E-state index is 0. The van der Waals surface area contributed by atoms with Crippen molar-refractivity contribution in [2.75, 3.05) is 14.2 Å². The molecule has 82 valence electrons. The zero-order chi connectivity index (χ0) is 10.6. The van der Waals surface area contributed by atoms with Gasteiger partial charge in [-0.15, -0.1) is 0 Å². The average molecular weight is 253 g/mol. The molecule has 0 aliphatic carbocycles. The molecule has 0 fully saturated rings. The van der Waals surface area contributed by atoms with Gasteiger partial charge in [0.25, 0.3) is 0 Å². The minimum Gasteiger partial charge on any atom is -1.00 e. The summed E-state index contributed by atoms with van der Waals surface area (Å²) in [5, 5.41) is 0. The number of hydrogen-bond acceptors (Lipinski definition) is 4. The molecule has 0 saturated carbocycles. The number of ether oxygens (including phenoxy) is 2. The fourth-order valence-corrected chi connectivity index (χ4v) is 1.06. The number of methoxy groups -OCH3 is 2. The second-order valence-corrected chi connectivity index (χ2v) is 2.53. The van der Waals surface area contributed by atoms with Gasteiger partial charge in [0.2, 0.25) is 0 Å². The van der Waals surface area contributed by atoms with Crippen LogP contribution in [-0.2, 0) is 9.47 Å². The molecule has 1 rings (SSSR count). The first kappa shape index (κ1) is 17.8. The molecule has 4 nitrogen and oxygen atoms in total. The van der Waals surface area contributed by atoms with Crippen LogP contribution in [0, 0.1) is 0 Å². The number of hydrogen-bond donors (Lipinski definition) is 0. The van der Waals surface area contributed by atoms with Gasteiger partial charge < -0.3 is 21.9 Å². The molecule has 0 radical (unpaired) electrons. The molecule has 0 aromatic heterocycles. The molecule has 0 aliphatic heterocycles. The van der Waals surface area contributed by atoms with Crippen molar-refractivity contribution in [2.24, 2.45) is 0 Å². The number of rotatable bonds is 2. The third-order valence-electron chi connectivity index (χ3n) is 1.74. The van der Waals surface area contributed by atoms with Crippen LogP contribution in [0.25, 0.3) is 0 Å². The first-order valence-corrected chi connectivity index (χ1v) is 3.96. The third-order valence-corrected chi connectivity index (χ3v) is 1.74. The van der Waals surface area contributed by atoms with Gasteiger partial charge in [-0.25, -0.2) is 9.59 Å². The standard InChI is InChI=1S/C10H10O4.ClH.Na/c1-13-9(11)7-5-3-4-6-8(7)10(12)14-2;;/h3-6H,1-2H3;1H;/q;;+1/p-1. The molecule has 16 heavy (non-hydrogen) atoms. The van der Waals surface area contributed by atoms with Gasteiger partial charge in [0, 0.05) is 0 Å². The Labute approximate surface area is 122 Å². The van der Waals surface area contributed by atoms with Crippen molar-refractivity contribution in [3.8, 4) is 0 Å². The van der Waals surface area contributed by atoms with Gasteiger partial charge in [0.15, 0.2) is 0 Å². The van der Waals surface area contributed by atoms with E-state index < -0.39 is 11.9 Å². The van der Waals surface area contributed by atoms with Crippen LogP contribution in [0.3, 0.4) is 0 Å². The summed E-state index contributed by atoms with van der Waals surface area (Å²) in [6, 6.07) is 6.33. The van der Waals surface area contributed by atoms with Gasteiger partial charge in [-0.1, -0.05) is 12.1 Å². The molecule has 0 heterocycles. The quantitative estimate of drug-likeness (QED) is 0.392. The molecule has 0 aliphatic rings. The Morgan fingerprint density at radius 1 is 0.938 bits per heavy atom. The minimum atomic E-state index is -0.550. The van der Waals surface area contributed by atoms with Gasteiger partial charge in [-0.05, 0) is 12.1 Å². The maximum absolute atomic E-state index is 11.2. The maximum atomic E-state index is 11.2. The van der Waals surface area contributed by atoms with Crippen molar-refractivity contribution in [3.63, 3.8) is 0 Å². The van der Waals surface area contributed by atoms with Gasteiger partial charge in [0.1, 0.15) is 0 Å². The van der Waals surface area contributed by atoms with Gasteiger partial charge in [-0.2, -0.15) is 0 Å². The largest absolute Gasteiger partial charge is 1.00 e. The van der Waals surface area contributed by atoms with E-state index in [1.807, 2.05) is 0 Å². The van der Waals surface area contributed by atoms with E-state index >= 15 is 0 Å². The first-order valence-electron chi connectivity index (χ1n) is 3.96. The number of halogens is 1. The van der Waals surface area contributed by atoms with E-state index in [2.05, 4.69) is 9.47 Å². The van der Waals surface area contributed by atoms with E-state index in [-0.39, 0.29) is 53.1 Å². The summed E-state index contributed by atoms with van der Waals surface area (Å²) in [7, 11) is 2.52. The smallest absolute Gasteiger partial charge is 1.00 e. The Morgan fingerprint density at radius 2 is 1.25 bits per heavy atom. The molecule has 0 saturated heterocycles. The second-order valence-electron chi connectivity index (χ2n) is 2.53. The Kier molecular flexibility index (Phi) is 9.57. The van der Waals surface area contributed by atoms with E-state index in [1.54, 1.807) is 12.1 Å². The van der Waals surface area contributed by atoms with E-state index in [0.29, 0.717) is 0 Å². The topological polar surface area (TPSA) is 52.6 Å². The van der Waals surface area contributed by atoms with Crippen molar-refractivity contribution in [1.82, 2.24) is 0 Å². The molecule has 0 atom stereocenters. The van der Waals surface area contributed by atoms with Crippen LogP contribution in [-0.4, -0.2) is 26.2 Å². The number of benzene rings is 1. The molecular formula is C10H10ClNaO4. The molecule has 0 unspecified atom stereocenters. The zero-order valence-electron chi connectivity index (χ0n) is 9.32. The molecule has 0 amide bonds. The van der Waals surface area contributed by atoms with Crippen LogP contribution in [0.15, 0.2) is 24.3 Å². The van der Waals surface area contributed by atoms with Crippen LogP contribution >= 0.6 is 0 Å².